The molecule has 1 aromatic rings. The average molecular weight is 249 g/mol. The van der Waals surface area contributed by atoms with Gasteiger partial charge in [-0.3, -0.25) is 0 Å². The molecule has 2 nitrogen and oxygen atoms in total. The number of hydrogen-bond acceptors (Lipinski definition) is 1. The van der Waals surface area contributed by atoms with Crippen LogP contribution in [0, 0.1) is 0 Å². The Balaban J connectivity index is 2.22. The van der Waals surface area contributed by atoms with Gasteiger partial charge in [-0.15, -0.1) is 6.58 Å². The Hall–Kier alpha value is -0.930. The predicted octanol–water partition coefficient (Wildman–Crippen LogP) is 3.06. The number of hydrogen-bond donors (Lipinski definition) is 0. The van der Waals surface area contributed by atoms with Crippen LogP contribution in [-0.2, 0) is 11.0 Å². The Morgan fingerprint density at radius 1 is 1.29 bits per heavy atom. The van der Waals surface area contributed by atoms with Crippen molar-refractivity contribution in [2.75, 3.05) is 0 Å². The minimum Gasteiger partial charge on any atom is -0.242 e. The van der Waals surface area contributed by atoms with Crippen molar-refractivity contribution in [1.82, 2.24) is 4.31 Å². The van der Waals surface area contributed by atoms with Gasteiger partial charge in [-0.2, -0.15) is 0 Å². The lowest BCUT2D eigenvalue weighted by Crippen LogP contribution is -2.28. The van der Waals surface area contributed by atoms with Crippen molar-refractivity contribution in [3.63, 3.8) is 0 Å². The minimum atomic E-state index is -0.976. The van der Waals surface area contributed by atoms with Crippen LogP contribution >= 0.6 is 0 Å². The van der Waals surface area contributed by atoms with Crippen LogP contribution in [0.15, 0.2) is 43.0 Å². The molecule has 1 unspecified atom stereocenters. The predicted molar refractivity (Wildman–Crippen MR) is 72.9 cm³/mol. The fourth-order valence-electron chi connectivity index (χ4n) is 1.99. The van der Waals surface area contributed by atoms with Crippen LogP contribution in [0.2, 0.25) is 0 Å². The molecule has 1 saturated heterocycles. The first kappa shape index (κ1) is 12.5. The molecular weight excluding hydrogens is 230 g/mol. The molecule has 0 aliphatic carbocycles. The zero-order valence-electron chi connectivity index (χ0n) is 10.6. The molecule has 0 saturated carbocycles. The summed E-state index contributed by atoms with van der Waals surface area (Å²) in [5.74, 6) is 0. The average Bonchev–Trinajstić information content (AvgIpc) is 3.02. The molecule has 0 N–H and O–H groups in total. The standard InChI is InChI=1S/C14H19NOS/c1-5-12-13(11-9-7-6-8-10-11)15(12)17(16)14(2,3)4/h5-10,12-13H,1H2,2-4H3/t12-,13-,15?,17-/m1/s1. The van der Waals surface area contributed by atoms with E-state index < -0.39 is 11.0 Å². The summed E-state index contributed by atoms with van der Waals surface area (Å²) < 4.78 is 14.2. The summed E-state index contributed by atoms with van der Waals surface area (Å²) in [4.78, 5) is 0. The highest BCUT2D eigenvalue weighted by Crippen LogP contribution is 2.47. The summed E-state index contributed by atoms with van der Waals surface area (Å²) in [5.41, 5.74) is 1.22. The van der Waals surface area contributed by atoms with Gasteiger partial charge in [-0.05, 0) is 26.3 Å². The van der Waals surface area contributed by atoms with Crippen LogP contribution in [0.5, 0.6) is 0 Å². The second-order valence-corrected chi connectivity index (χ2v) is 7.45. The largest absolute Gasteiger partial charge is 0.242 e. The Morgan fingerprint density at radius 2 is 1.88 bits per heavy atom. The van der Waals surface area contributed by atoms with Crippen molar-refractivity contribution in [3.05, 3.63) is 48.6 Å². The lowest BCUT2D eigenvalue weighted by molar-refractivity contribution is 0.603. The Morgan fingerprint density at radius 3 is 2.35 bits per heavy atom. The summed E-state index contributed by atoms with van der Waals surface area (Å²) in [6.07, 6.45) is 1.89. The van der Waals surface area contributed by atoms with Crippen molar-refractivity contribution >= 4 is 11.0 Å². The lowest BCUT2D eigenvalue weighted by atomic mass is 10.1. The Bertz CT molecular complexity index is 435. The Labute approximate surface area is 106 Å². The monoisotopic (exact) mass is 249 g/mol. The van der Waals surface area contributed by atoms with Crippen LogP contribution in [0.25, 0.3) is 0 Å². The quantitative estimate of drug-likeness (QED) is 0.595. The van der Waals surface area contributed by atoms with Crippen LogP contribution in [-0.4, -0.2) is 19.3 Å². The smallest absolute Gasteiger partial charge is 0.101 e. The molecule has 3 heteroatoms. The molecule has 17 heavy (non-hydrogen) atoms. The van der Waals surface area contributed by atoms with E-state index in [1.165, 1.54) is 5.56 Å². The summed E-state index contributed by atoms with van der Waals surface area (Å²) in [5, 5.41) is 0. The van der Waals surface area contributed by atoms with E-state index >= 15 is 0 Å². The summed E-state index contributed by atoms with van der Waals surface area (Å²) in [7, 11) is -0.976. The summed E-state index contributed by atoms with van der Waals surface area (Å²) in [6, 6.07) is 10.6. The van der Waals surface area contributed by atoms with Gasteiger partial charge in [-0.1, -0.05) is 36.4 Å². The maximum Gasteiger partial charge on any atom is 0.101 e. The molecule has 0 aromatic heterocycles. The van der Waals surface area contributed by atoms with Crippen LogP contribution in [0.1, 0.15) is 32.4 Å². The number of benzene rings is 1. The van der Waals surface area contributed by atoms with Gasteiger partial charge >= 0.3 is 0 Å². The SMILES string of the molecule is C=C[C@@H]1[C@@H](c2ccccc2)N1[S@](=O)C(C)(C)C. The van der Waals surface area contributed by atoms with Gasteiger partial charge in [0.2, 0.25) is 0 Å². The van der Waals surface area contributed by atoms with Crippen molar-refractivity contribution in [3.8, 4) is 0 Å². The second kappa shape index (κ2) is 4.39. The van der Waals surface area contributed by atoms with Gasteiger partial charge in [-0.25, -0.2) is 8.51 Å². The van der Waals surface area contributed by atoms with E-state index in [0.717, 1.165) is 0 Å². The third-order valence-corrected chi connectivity index (χ3v) is 4.80. The summed E-state index contributed by atoms with van der Waals surface area (Å²) in [6.45, 7) is 9.85. The zero-order valence-corrected chi connectivity index (χ0v) is 11.4. The third kappa shape index (κ3) is 2.35. The highest BCUT2D eigenvalue weighted by molar-refractivity contribution is 7.84. The molecule has 4 atom stereocenters. The molecule has 0 radical (unpaired) electrons. The Kier molecular flexibility index (Phi) is 3.23. The van der Waals surface area contributed by atoms with Crippen molar-refractivity contribution < 1.29 is 4.21 Å². The van der Waals surface area contributed by atoms with E-state index in [4.69, 9.17) is 0 Å². The fourth-order valence-corrected chi connectivity index (χ4v) is 3.44. The molecule has 92 valence electrons. The molecule has 0 amide bonds. The third-order valence-electron chi connectivity index (χ3n) is 2.90. The number of rotatable bonds is 3. The van der Waals surface area contributed by atoms with Gasteiger partial charge in [0.15, 0.2) is 0 Å². The molecule has 1 heterocycles. The zero-order chi connectivity index (χ0) is 12.6. The number of nitrogens with zero attached hydrogens (tertiary/aromatic N) is 1. The fraction of sp³-hybridized carbons (Fsp3) is 0.429. The van der Waals surface area contributed by atoms with E-state index in [2.05, 4.69) is 18.7 Å². The molecule has 1 aliphatic rings. The second-order valence-electron chi connectivity index (χ2n) is 5.30. The minimum absolute atomic E-state index is 0.206. The highest BCUT2D eigenvalue weighted by Gasteiger charge is 2.52. The maximum absolute atomic E-state index is 12.4. The van der Waals surface area contributed by atoms with E-state index in [-0.39, 0.29) is 16.8 Å². The van der Waals surface area contributed by atoms with E-state index in [9.17, 15) is 4.21 Å². The topological polar surface area (TPSA) is 20.1 Å². The van der Waals surface area contributed by atoms with Crippen LogP contribution in [0.4, 0.5) is 0 Å². The first-order valence-electron chi connectivity index (χ1n) is 5.84. The van der Waals surface area contributed by atoms with Gasteiger partial charge in [0.05, 0.1) is 16.8 Å². The van der Waals surface area contributed by atoms with E-state index in [1.54, 1.807) is 0 Å². The van der Waals surface area contributed by atoms with Crippen molar-refractivity contribution in [2.24, 2.45) is 0 Å². The van der Waals surface area contributed by atoms with E-state index in [1.807, 2.05) is 49.4 Å². The molecule has 1 aromatic carbocycles. The van der Waals surface area contributed by atoms with Crippen LogP contribution in [0.3, 0.4) is 0 Å². The van der Waals surface area contributed by atoms with Gasteiger partial charge in [0.25, 0.3) is 0 Å². The summed E-state index contributed by atoms with van der Waals surface area (Å²) >= 11 is 0. The van der Waals surface area contributed by atoms with Crippen LogP contribution < -0.4 is 0 Å². The molecule has 1 fully saturated rings. The molecule has 1 aliphatic heterocycles. The molecular formula is C14H19NOS. The van der Waals surface area contributed by atoms with Crippen molar-refractivity contribution in [2.45, 2.75) is 37.6 Å². The highest BCUT2D eigenvalue weighted by atomic mass is 32.2. The first-order valence-corrected chi connectivity index (χ1v) is 6.95. The first-order chi connectivity index (χ1) is 7.96. The van der Waals surface area contributed by atoms with Gasteiger partial charge in [0.1, 0.15) is 11.0 Å². The normalized spacial score (nSPS) is 29.7. The molecule has 0 bridgehead atoms. The molecule has 0 spiro atoms. The maximum atomic E-state index is 12.4. The van der Waals surface area contributed by atoms with Gasteiger partial charge in [0, 0.05) is 0 Å². The molecule has 2 rings (SSSR count). The van der Waals surface area contributed by atoms with Gasteiger partial charge < -0.3 is 0 Å². The van der Waals surface area contributed by atoms with Crippen molar-refractivity contribution in [1.29, 1.82) is 0 Å². The van der Waals surface area contributed by atoms with E-state index in [0.29, 0.717) is 0 Å². The lowest BCUT2D eigenvalue weighted by Gasteiger charge is -2.18.